The van der Waals surface area contributed by atoms with Gasteiger partial charge in [0.05, 0.1) is 10.6 Å². The van der Waals surface area contributed by atoms with Gasteiger partial charge in [0.25, 0.3) is 0 Å². The van der Waals surface area contributed by atoms with Gasteiger partial charge in [-0.1, -0.05) is 29.3 Å². The molecule has 2 N–H and O–H groups in total. The van der Waals surface area contributed by atoms with Crippen molar-refractivity contribution in [3.8, 4) is 0 Å². The number of hydrogen-bond acceptors (Lipinski definition) is 3. The number of anilines is 1. The van der Waals surface area contributed by atoms with Gasteiger partial charge in [-0.3, -0.25) is 0 Å². The van der Waals surface area contributed by atoms with Gasteiger partial charge >= 0.3 is 0 Å². The van der Waals surface area contributed by atoms with Crippen LogP contribution in [0.25, 0.3) is 0 Å². The van der Waals surface area contributed by atoms with Crippen molar-refractivity contribution in [1.29, 1.82) is 0 Å². The highest BCUT2D eigenvalue weighted by molar-refractivity contribution is 7.90. The second-order valence-electron chi connectivity index (χ2n) is 4.47. The highest BCUT2D eigenvalue weighted by Gasteiger charge is 2.20. The largest absolute Gasteiger partial charge is 0.398 e. The SMILES string of the molecule is Cc1c(N)cccc1S(=O)(=O)Cc1cc(Cl)ccc1Cl. The second kappa shape index (κ2) is 5.64. The summed E-state index contributed by atoms with van der Waals surface area (Å²) in [6, 6.07) is 9.59. The first-order chi connectivity index (χ1) is 9.31. The van der Waals surface area contributed by atoms with Gasteiger partial charge in [0.15, 0.2) is 9.84 Å². The van der Waals surface area contributed by atoms with E-state index in [1.807, 2.05) is 0 Å². The van der Waals surface area contributed by atoms with Crippen LogP contribution in [0.1, 0.15) is 11.1 Å². The van der Waals surface area contributed by atoms with Gasteiger partial charge in [-0.2, -0.15) is 0 Å². The lowest BCUT2D eigenvalue weighted by atomic mass is 10.2. The van der Waals surface area contributed by atoms with Crippen molar-refractivity contribution in [3.05, 3.63) is 57.6 Å². The fourth-order valence-electron chi connectivity index (χ4n) is 1.90. The first-order valence-electron chi connectivity index (χ1n) is 5.83. The van der Waals surface area contributed by atoms with Gasteiger partial charge in [-0.15, -0.1) is 0 Å². The van der Waals surface area contributed by atoms with E-state index in [1.54, 1.807) is 43.3 Å². The normalized spacial score (nSPS) is 11.6. The van der Waals surface area contributed by atoms with Gasteiger partial charge in [-0.25, -0.2) is 8.42 Å². The molecule has 0 unspecified atom stereocenters. The van der Waals surface area contributed by atoms with Crippen molar-refractivity contribution >= 4 is 38.7 Å². The summed E-state index contributed by atoms with van der Waals surface area (Å²) in [6.07, 6.45) is 0. The molecule has 0 bridgehead atoms. The Morgan fingerprint density at radius 2 is 1.85 bits per heavy atom. The highest BCUT2D eigenvalue weighted by Crippen LogP contribution is 2.28. The van der Waals surface area contributed by atoms with Gasteiger partial charge in [0, 0.05) is 15.7 Å². The molecular weight excluding hydrogens is 317 g/mol. The molecule has 2 aromatic rings. The summed E-state index contributed by atoms with van der Waals surface area (Å²) in [5.74, 6) is -0.212. The third kappa shape index (κ3) is 3.08. The Balaban J connectivity index is 2.46. The first kappa shape index (κ1) is 15.2. The molecule has 0 atom stereocenters. The molecule has 0 aliphatic heterocycles. The van der Waals surface area contributed by atoms with E-state index in [0.717, 1.165) is 0 Å². The molecular formula is C14H13Cl2NO2S. The number of halogens is 2. The van der Waals surface area contributed by atoms with Crippen LogP contribution in [-0.2, 0) is 15.6 Å². The lowest BCUT2D eigenvalue weighted by molar-refractivity contribution is 0.594. The van der Waals surface area contributed by atoms with Crippen molar-refractivity contribution in [2.75, 3.05) is 5.73 Å². The maximum absolute atomic E-state index is 12.5. The third-order valence-corrected chi connectivity index (χ3v) is 5.42. The number of hydrogen-bond donors (Lipinski definition) is 1. The van der Waals surface area contributed by atoms with E-state index in [1.165, 1.54) is 0 Å². The molecule has 2 aromatic carbocycles. The third-order valence-electron chi connectivity index (χ3n) is 3.01. The predicted octanol–water partition coefficient (Wildman–Crippen LogP) is 3.86. The zero-order valence-electron chi connectivity index (χ0n) is 10.7. The zero-order valence-corrected chi connectivity index (χ0v) is 13.1. The molecule has 0 fully saturated rings. The molecule has 0 saturated heterocycles. The minimum Gasteiger partial charge on any atom is -0.398 e. The van der Waals surface area contributed by atoms with E-state index in [4.69, 9.17) is 28.9 Å². The average molecular weight is 330 g/mol. The molecule has 0 aromatic heterocycles. The van der Waals surface area contributed by atoms with Crippen LogP contribution in [0.3, 0.4) is 0 Å². The Hall–Kier alpha value is -1.23. The lowest BCUT2D eigenvalue weighted by Gasteiger charge is -2.10. The maximum atomic E-state index is 12.5. The van der Waals surface area contributed by atoms with Crippen molar-refractivity contribution in [1.82, 2.24) is 0 Å². The van der Waals surface area contributed by atoms with Crippen LogP contribution in [0.4, 0.5) is 5.69 Å². The quantitative estimate of drug-likeness (QED) is 0.870. The van der Waals surface area contributed by atoms with E-state index in [0.29, 0.717) is 26.9 Å². The number of benzene rings is 2. The van der Waals surface area contributed by atoms with Crippen LogP contribution in [0, 0.1) is 6.92 Å². The lowest BCUT2D eigenvalue weighted by Crippen LogP contribution is -2.08. The Labute approximate surface area is 128 Å². The molecule has 0 aliphatic rings. The molecule has 106 valence electrons. The van der Waals surface area contributed by atoms with E-state index in [9.17, 15) is 8.42 Å². The molecule has 0 aliphatic carbocycles. The Bertz CT molecular complexity index is 758. The van der Waals surface area contributed by atoms with Crippen molar-refractivity contribution in [2.45, 2.75) is 17.6 Å². The maximum Gasteiger partial charge on any atom is 0.182 e. The van der Waals surface area contributed by atoms with E-state index < -0.39 is 9.84 Å². The molecule has 0 spiro atoms. The van der Waals surface area contributed by atoms with Crippen LogP contribution >= 0.6 is 23.2 Å². The van der Waals surface area contributed by atoms with E-state index in [2.05, 4.69) is 0 Å². The Kier molecular flexibility index (Phi) is 4.28. The number of nitrogens with two attached hydrogens (primary N) is 1. The van der Waals surface area contributed by atoms with Gasteiger partial charge in [-0.05, 0) is 48.4 Å². The molecule has 0 saturated carbocycles. The monoisotopic (exact) mass is 329 g/mol. The standard InChI is InChI=1S/C14H13Cl2NO2S/c1-9-13(17)3-2-4-14(9)20(18,19)8-10-7-11(15)5-6-12(10)16/h2-7H,8,17H2,1H3. The van der Waals surface area contributed by atoms with Crippen LogP contribution in [0.2, 0.25) is 10.0 Å². The fraction of sp³-hybridized carbons (Fsp3) is 0.143. The molecule has 0 radical (unpaired) electrons. The van der Waals surface area contributed by atoms with Crippen LogP contribution in [0.15, 0.2) is 41.3 Å². The molecule has 6 heteroatoms. The van der Waals surface area contributed by atoms with Crippen molar-refractivity contribution in [2.24, 2.45) is 0 Å². The van der Waals surface area contributed by atoms with Crippen LogP contribution < -0.4 is 5.73 Å². The van der Waals surface area contributed by atoms with Crippen LogP contribution in [0.5, 0.6) is 0 Å². The second-order valence-corrected chi connectivity index (χ2v) is 7.27. The smallest absolute Gasteiger partial charge is 0.182 e. The number of nitrogen functional groups attached to an aromatic ring is 1. The topological polar surface area (TPSA) is 60.2 Å². The Morgan fingerprint density at radius 3 is 2.55 bits per heavy atom. The van der Waals surface area contributed by atoms with Gasteiger partial charge < -0.3 is 5.73 Å². The van der Waals surface area contributed by atoms with E-state index >= 15 is 0 Å². The molecule has 2 rings (SSSR count). The first-order valence-corrected chi connectivity index (χ1v) is 8.24. The van der Waals surface area contributed by atoms with Crippen molar-refractivity contribution in [3.63, 3.8) is 0 Å². The van der Waals surface area contributed by atoms with Crippen molar-refractivity contribution < 1.29 is 8.42 Å². The summed E-state index contributed by atoms with van der Waals surface area (Å²) in [5.41, 5.74) is 7.22. The number of rotatable bonds is 3. The van der Waals surface area contributed by atoms with Crippen LogP contribution in [-0.4, -0.2) is 8.42 Å². The zero-order chi connectivity index (χ0) is 14.9. The summed E-state index contributed by atoms with van der Waals surface area (Å²) in [4.78, 5) is 0.216. The highest BCUT2D eigenvalue weighted by atomic mass is 35.5. The Morgan fingerprint density at radius 1 is 1.15 bits per heavy atom. The van der Waals surface area contributed by atoms with Gasteiger partial charge in [0.1, 0.15) is 0 Å². The summed E-state index contributed by atoms with van der Waals surface area (Å²) in [5, 5.41) is 0.823. The molecule has 3 nitrogen and oxygen atoms in total. The minimum absolute atomic E-state index is 0.212. The van der Waals surface area contributed by atoms with Gasteiger partial charge in [0.2, 0.25) is 0 Å². The summed E-state index contributed by atoms with van der Waals surface area (Å²) < 4.78 is 25.0. The fourth-order valence-corrected chi connectivity index (χ4v) is 4.04. The number of sulfone groups is 1. The van der Waals surface area contributed by atoms with E-state index in [-0.39, 0.29) is 10.6 Å². The molecule has 20 heavy (non-hydrogen) atoms. The summed E-state index contributed by atoms with van der Waals surface area (Å²) in [6.45, 7) is 1.68. The average Bonchev–Trinajstić information content (AvgIpc) is 2.36. The molecule has 0 amide bonds. The predicted molar refractivity (Wildman–Crippen MR) is 82.9 cm³/mol. The summed E-state index contributed by atoms with van der Waals surface area (Å²) in [7, 11) is -3.53. The summed E-state index contributed by atoms with van der Waals surface area (Å²) >= 11 is 11.9. The molecule has 0 heterocycles. The minimum atomic E-state index is -3.53.